The Morgan fingerprint density at radius 1 is 1.14 bits per heavy atom. The Labute approximate surface area is 134 Å². The molecule has 1 saturated carbocycles. The van der Waals surface area contributed by atoms with Crippen LogP contribution in [0, 0.1) is 0 Å². The van der Waals surface area contributed by atoms with Gasteiger partial charge in [0, 0.05) is 28.3 Å². The van der Waals surface area contributed by atoms with E-state index < -0.39 is 0 Å². The molecule has 0 aliphatic heterocycles. The van der Waals surface area contributed by atoms with Gasteiger partial charge in [0.1, 0.15) is 5.01 Å². The topological polar surface area (TPSA) is 56.0 Å². The first kappa shape index (κ1) is 13.3. The second-order valence-corrected chi connectivity index (χ2v) is 7.26. The standard InChI is InChI=1S/C14H14BrN5S/c15-11-6-10(7-16-8-11)13-19-20-12(17-18-14(20)21-13)9-4-2-1-3-5-9/h6-9H,1-5H2. The SMILES string of the molecule is Brc1cncc(-c2nn3c(C4CCCCC4)nnc3s2)c1. The van der Waals surface area contributed by atoms with Crippen LogP contribution in [-0.2, 0) is 0 Å². The molecule has 0 saturated heterocycles. The van der Waals surface area contributed by atoms with E-state index in [2.05, 4.69) is 31.1 Å². The third-order valence-electron chi connectivity index (χ3n) is 3.94. The quantitative estimate of drug-likeness (QED) is 0.688. The number of pyridine rings is 1. The van der Waals surface area contributed by atoms with Crippen molar-refractivity contribution in [3.05, 3.63) is 28.8 Å². The Bertz CT molecular complexity index is 775. The van der Waals surface area contributed by atoms with Gasteiger partial charge < -0.3 is 0 Å². The predicted octanol–water partition coefficient (Wildman–Crippen LogP) is 4.06. The molecule has 3 aromatic rings. The third kappa shape index (κ3) is 2.48. The highest BCUT2D eigenvalue weighted by molar-refractivity contribution is 9.10. The van der Waals surface area contributed by atoms with Gasteiger partial charge in [0.15, 0.2) is 5.82 Å². The Kier molecular flexibility index (Phi) is 3.46. The molecule has 0 N–H and O–H groups in total. The van der Waals surface area contributed by atoms with Crippen molar-refractivity contribution in [2.75, 3.05) is 0 Å². The average molecular weight is 364 g/mol. The summed E-state index contributed by atoms with van der Waals surface area (Å²) in [6.07, 6.45) is 9.91. The normalized spacial score (nSPS) is 16.6. The van der Waals surface area contributed by atoms with Crippen molar-refractivity contribution < 1.29 is 0 Å². The molecule has 108 valence electrons. The molecule has 0 amide bonds. The fourth-order valence-corrected chi connectivity index (χ4v) is 4.09. The number of rotatable bonds is 2. The van der Waals surface area contributed by atoms with Crippen LogP contribution < -0.4 is 0 Å². The van der Waals surface area contributed by atoms with Crippen LogP contribution in [0.15, 0.2) is 22.9 Å². The molecule has 0 radical (unpaired) electrons. The highest BCUT2D eigenvalue weighted by Crippen LogP contribution is 2.33. The van der Waals surface area contributed by atoms with E-state index in [1.165, 1.54) is 32.1 Å². The van der Waals surface area contributed by atoms with E-state index in [0.29, 0.717) is 5.92 Å². The summed E-state index contributed by atoms with van der Waals surface area (Å²) >= 11 is 5.01. The largest absolute Gasteiger partial charge is 0.263 e. The van der Waals surface area contributed by atoms with Crippen molar-refractivity contribution in [1.29, 1.82) is 0 Å². The Morgan fingerprint density at radius 3 is 2.81 bits per heavy atom. The Balaban J connectivity index is 1.75. The molecule has 0 spiro atoms. The van der Waals surface area contributed by atoms with Crippen LogP contribution >= 0.6 is 27.3 Å². The van der Waals surface area contributed by atoms with Gasteiger partial charge in [0.05, 0.1) is 0 Å². The smallest absolute Gasteiger partial charge is 0.234 e. The van der Waals surface area contributed by atoms with Gasteiger partial charge in [-0.3, -0.25) is 4.98 Å². The van der Waals surface area contributed by atoms with Gasteiger partial charge in [-0.1, -0.05) is 30.6 Å². The maximum atomic E-state index is 4.71. The van der Waals surface area contributed by atoms with Crippen molar-refractivity contribution in [1.82, 2.24) is 24.8 Å². The van der Waals surface area contributed by atoms with E-state index in [1.54, 1.807) is 17.5 Å². The molecule has 3 heterocycles. The molecule has 7 heteroatoms. The molecule has 0 bridgehead atoms. The number of hydrogen-bond donors (Lipinski definition) is 0. The zero-order valence-corrected chi connectivity index (χ0v) is 13.8. The zero-order valence-electron chi connectivity index (χ0n) is 11.4. The lowest BCUT2D eigenvalue weighted by molar-refractivity contribution is 0.423. The van der Waals surface area contributed by atoms with Crippen molar-refractivity contribution in [3.63, 3.8) is 0 Å². The van der Waals surface area contributed by atoms with E-state index in [9.17, 15) is 0 Å². The molecule has 1 aliphatic carbocycles. The molecular weight excluding hydrogens is 350 g/mol. The average Bonchev–Trinajstić information content (AvgIpc) is 3.08. The van der Waals surface area contributed by atoms with E-state index in [-0.39, 0.29) is 0 Å². The van der Waals surface area contributed by atoms with Crippen LogP contribution in [0.3, 0.4) is 0 Å². The third-order valence-corrected chi connectivity index (χ3v) is 5.32. The van der Waals surface area contributed by atoms with Gasteiger partial charge >= 0.3 is 0 Å². The minimum absolute atomic E-state index is 0.504. The number of halogens is 1. The minimum Gasteiger partial charge on any atom is -0.263 e. The maximum absolute atomic E-state index is 4.71. The number of aromatic nitrogens is 5. The van der Waals surface area contributed by atoms with Gasteiger partial charge in [-0.2, -0.15) is 9.61 Å². The minimum atomic E-state index is 0.504. The van der Waals surface area contributed by atoms with Gasteiger partial charge in [-0.25, -0.2) is 0 Å². The van der Waals surface area contributed by atoms with Crippen molar-refractivity contribution >= 4 is 32.2 Å². The monoisotopic (exact) mass is 363 g/mol. The van der Waals surface area contributed by atoms with E-state index in [4.69, 9.17) is 5.10 Å². The molecule has 1 fully saturated rings. The summed E-state index contributed by atoms with van der Waals surface area (Å²) in [5, 5.41) is 14.3. The lowest BCUT2D eigenvalue weighted by Crippen LogP contribution is -2.09. The first-order valence-corrected chi connectivity index (χ1v) is 8.75. The van der Waals surface area contributed by atoms with E-state index >= 15 is 0 Å². The second kappa shape index (κ2) is 5.46. The lowest BCUT2D eigenvalue weighted by Gasteiger charge is -2.18. The van der Waals surface area contributed by atoms with Crippen LogP contribution in [0.5, 0.6) is 0 Å². The summed E-state index contributed by atoms with van der Waals surface area (Å²) in [6.45, 7) is 0. The first-order chi connectivity index (χ1) is 10.3. The molecular formula is C14H14BrN5S. The Hall–Kier alpha value is -1.34. The Morgan fingerprint density at radius 2 is 2.00 bits per heavy atom. The van der Waals surface area contributed by atoms with Crippen LogP contribution in [0.4, 0.5) is 0 Å². The van der Waals surface area contributed by atoms with Crippen molar-refractivity contribution in [3.8, 4) is 10.6 Å². The van der Waals surface area contributed by atoms with Gasteiger partial charge in [0.2, 0.25) is 4.96 Å². The van der Waals surface area contributed by atoms with Crippen LogP contribution in [0.2, 0.25) is 0 Å². The zero-order chi connectivity index (χ0) is 14.2. The van der Waals surface area contributed by atoms with Gasteiger partial charge in [-0.05, 0) is 34.8 Å². The molecule has 3 aromatic heterocycles. The summed E-state index contributed by atoms with van der Waals surface area (Å²) in [7, 11) is 0. The predicted molar refractivity (Wildman–Crippen MR) is 85.4 cm³/mol. The van der Waals surface area contributed by atoms with Crippen LogP contribution in [0.1, 0.15) is 43.8 Å². The van der Waals surface area contributed by atoms with Gasteiger partial charge in [-0.15, -0.1) is 10.2 Å². The molecule has 0 atom stereocenters. The highest BCUT2D eigenvalue weighted by atomic mass is 79.9. The summed E-state index contributed by atoms with van der Waals surface area (Å²) in [5.74, 6) is 1.53. The molecule has 0 unspecified atom stereocenters. The van der Waals surface area contributed by atoms with Crippen LogP contribution in [-0.4, -0.2) is 24.8 Å². The number of nitrogens with zero attached hydrogens (tertiary/aromatic N) is 5. The lowest BCUT2D eigenvalue weighted by atomic mass is 9.89. The molecule has 1 aliphatic rings. The van der Waals surface area contributed by atoms with E-state index in [1.807, 2.05) is 16.8 Å². The summed E-state index contributed by atoms with van der Waals surface area (Å²) in [5.41, 5.74) is 1.01. The number of hydrogen-bond acceptors (Lipinski definition) is 5. The van der Waals surface area contributed by atoms with Gasteiger partial charge in [0.25, 0.3) is 0 Å². The maximum Gasteiger partial charge on any atom is 0.234 e. The molecule has 5 nitrogen and oxygen atoms in total. The summed E-state index contributed by atoms with van der Waals surface area (Å²) in [4.78, 5) is 5.07. The molecule has 4 rings (SSSR count). The molecule has 21 heavy (non-hydrogen) atoms. The first-order valence-electron chi connectivity index (χ1n) is 7.14. The fourth-order valence-electron chi connectivity index (χ4n) is 2.89. The van der Waals surface area contributed by atoms with Crippen molar-refractivity contribution in [2.24, 2.45) is 0 Å². The van der Waals surface area contributed by atoms with Crippen LogP contribution in [0.25, 0.3) is 15.5 Å². The fraction of sp³-hybridized carbons (Fsp3) is 0.429. The summed E-state index contributed by atoms with van der Waals surface area (Å²) in [6, 6.07) is 2.03. The molecule has 0 aromatic carbocycles. The highest BCUT2D eigenvalue weighted by Gasteiger charge is 2.23. The summed E-state index contributed by atoms with van der Waals surface area (Å²) < 4.78 is 2.88. The van der Waals surface area contributed by atoms with Crippen molar-refractivity contribution in [2.45, 2.75) is 38.0 Å². The second-order valence-electron chi connectivity index (χ2n) is 5.39. The number of fused-ring (bicyclic) bond motifs is 1. The van der Waals surface area contributed by atoms with E-state index in [0.717, 1.165) is 25.8 Å².